The zero-order valence-electron chi connectivity index (χ0n) is 16.1. The second-order valence-corrected chi connectivity index (χ2v) is 7.12. The summed E-state index contributed by atoms with van der Waals surface area (Å²) < 4.78 is 6.07. The number of hydrazone groups is 1. The van der Waals surface area contributed by atoms with Gasteiger partial charge in [0.25, 0.3) is 5.91 Å². The highest BCUT2D eigenvalue weighted by Gasteiger charge is 2.09. The molecule has 0 spiro atoms. The summed E-state index contributed by atoms with van der Waals surface area (Å²) in [4.78, 5) is 12.3. The fourth-order valence-corrected chi connectivity index (χ4v) is 3.22. The fourth-order valence-electron chi connectivity index (χ4n) is 3.09. The summed E-state index contributed by atoms with van der Waals surface area (Å²) in [6, 6.07) is 28.5. The van der Waals surface area contributed by atoms with Gasteiger partial charge in [0.2, 0.25) is 0 Å². The first-order valence-electron chi connectivity index (χ1n) is 9.48. The minimum atomic E-state index is -0.310. The number of nitrogens with one attached hydrogen (secondary N) is 1. The van der Waals surface area contributed by atoms with Crippen LogP contribution in [-0.4, -0.2) is 12.1 Å². The maximum Gasteiger partial charge on any atom is 0.271 e. The van der Waals surface area contributed by atoms with E-state index in [0.29, 0.717) is 22.9 Å². The zero-order valence-corrected chi connectivity index (χ0v) is 16.8. The molecule has 0 aliphatic carbocycles. The molecular formula is C25H19ClN2O2. The van der Waals surface area contributed by atoms with E-state index in [1.165, 1.54) is 0 Å². The van der Waals surface area contributed by atoms with Gasteiger partial charge >= 0.3 is 0 Å². The smallest absolute Gasteiger partial charge is 0.271 e. The predicted molar refractivity (Wildman–Crippen MR) is 121 cm³/mol. The molecule has 148 valence electrons. The van der Waals surface area contributed by atoms with Crippen LogP contribution in [0.25, 0.3) is 10.8 Å². The van der Waals surface area contributed by atoms with Crippen molar-refractivity contribution in [1.29, 1.82) is 0 Å². The number of rotatable bonds is 6. The van der Waals surface area contributed by atoms with Gasteiger partial charge in [0, 0.05) is 16.1 Å². The van der Waals surface area contributed by atoms with Gasteiger partial charge in [0.05, 0.1) is 6.21 Å². The monoisotopic (exact) mass is 414 g/mol. The Morgan fingerprint density at radius 2 is 1.63 bits per heavy atom. The molecule has 0 radical (unpaired) electrons. The van der Waals surface area contributed by atoms with Crippen molar-refractivity contribution in [3.63, 3.8) is 0 Å². The van der Waals surface area contributed by atoms with E-state index in [1.807, 2.05) is 66.7 Å². The molecule has 1 amide bonds. The molecule has 0 bridgehead atoms. The molecule has 5 heteroatoms. The van der Waals surface area contributed by atoms with Crippen molar-refractivity contribution in [2.45, 2.75) is 6.61 Å². The SMILES string of the molecule is O=C(N/N=C/c1c(OCc2ccccc2)ccc2ccccc12)c1ccc(Cl)cc1. The van der Waals surface area contributed by atoms with Gasteiger partial charge < -0.3 is 4.74 Å². The molecule has 0 fully saturated rings. The average Bonchev–Trinajstić information content (AvgIpc) is 2.79. The van der Waals surface area contributed by atoms with E-state index >= 15 is 0 Å². The van der Waals surface area contributed by atoms with E-state index in [-0.39, 0.29) is 5.91 Å². The van der Waals surface area contributed by atoms with Crippen LogP contribution in [0.1, 0.15) is 21.5 Å². The molecule has 1 N–H and O–H groups in total. The van der Waals surface area contributed by atoms with Gasteiger partial charge in [-0.2, -0.15) is 5.10 Å². The number of carbonyl (C=O) groups is 1. The van der Waals surface area contributed by atoms with Gasteiger partial charge in [0.1, 0.15) is 12.4 Å². The van der Waals surface area contributed by atoms with E-state index in [9.17, 15) is 4.79 Å². The lowest BCUT2D eigenvalue weighted by atomic mass is 10.0. The number of amides is 1. The normalized spacial score (nSPS) is 11.0. The molecule has 0 heterocycles. The summed E-state index contributed by atoms with van der Waals surface area (Å²) >= 11 is 5.87. The standard InChI is InChI=1S/C25H19ClN2O2/c26-21-13-10-20(11-14-21)25(29)28-27-16-23-22-9-5-4-8-19(22)12-15-24(23)30-17-18-6-2-1-3-7-18/h1-16H,17H2,(H,28,29)/b27-16+. The highest BCUT2D eigenvalue weighted by atomic mass is 35.5. The fraction of sp³-hybridized carbons (Fsp3) is 0.0400. The number of benzene rings is 4. The molecule has 4 aromatic rings. The Kier molecular flexibility index (Phi) is 6.06. The molecule has 0 aromatic heterocycles. The molecule has 0 aliphatic rings. The Morgan fingerprint density at radius 3 is 2.43 bits per heavy atom. The quantitative estimate of drug-likeness (QED) is 0.318. The van der Waals surface area contributed by atoms with Crippen molar-refractivity contribution < 1.29 is 9.53 Å². The molecule has 30 heavy (non-hydrogen) atoms. The third kappa shape index (κ3) is 4.67. The Labute approximate surface area is 179 Å². The Bertz CT molecular complexity index is 1190. The number of fused-ring (bicyclic) bond motifs is 1. The predicted octanol–water partition coefficient (Wildman–Crippen LogP) is 5.84. The third-order valence-electron chi connectivity index (χ3n) is 4.63. The Hall–Kier alpha value is -3.63. The van der Waals surface area contributed by atoms with Gasteiger partial charge in [-0.05, 0) is 46.7 Å². The van der Waals surface area contributed by atoms with Crippen LogP contribution in [0, 0.1) is 0 Å². The molecule has 0 atom stereocenters. The van der Waals surface area contributed by atoms with Gasteiger partial charge in [-0.15, -0.1) is 0 Å². The number of nitrogens with zero attached hydrogens (tertiary/aromatic N) is 1. The second-order valence-electron chi connectivity index (χ2n) is 6.68. The van der Waals surface area contributed by atoms with E-state index in [1.54, 1.807) is 30.5 Å². The highest BCUT2D eigenvalue weighted by molar-refractivity contribution is 6.30. The van der Waals surface area contributed by atoms with Gasteiger partial charge in [-0.3, -0.25) is 4.79 Å². The summed E-state index contributed by atoms with van der Waals surface area (Å²) in [5.74, 6) is 0.386. The summed E-state index contributed by atoms with van der Waals surface area (Å²) in [5, 5.41) is 6.80. The van der Waals surface area contributed by atoms with E-state index < -0.39 is 0 Å². The van der Waals surface area contributed by atoms with Gasteiger partial charge in [-0.25, -0.2) is 5.43 Å². The number of ether oxygens (including phenoxy) is 1. The van der Waals surface area contributed by atoms with Crippen LogP contribution in [0.3, 0.4) is 0 Å². The lowest BCUT2D eigenvalue weighted by molar-refractivity contribution is 0.0955. The van der Waals surface area contributed by atoms with Crippen LogP contribution in [0.15, 0.2) is 96.1 Å². The van der Waals surface area contributed by atoms with Crippen molar-refractivity contribution in [3.8, 4) is 5.75 Å². The molecule has 4 nitrogen and oxygen atoms in total. The Balaban J connectivity index is 1.58. The van der Waals surface area contributed by atoms with Crippen LogP contribution in [0.4, 0.5) is 0 Å². The second kappa shape index (κ2) is 9.25. The first kappa shape index (κ1) is 19.7. The van der Waals surface area contributed by atoms with E-state index in [4.69, 9.17) is 16.3 Å². The molecule has 0 saturated carbocycles. The first-order valence-corrected chi connectivity index (χ1v) is 9.86. The summed E-state index contributed by atoms with van der Waals surface area (Å²) in [6.07, 6.45) is 1.62. The minimum absolute atomic E-state index is 0.310. The largest absolute Gasteiger partial charge is 0.488 e. The van der Waals surface area contributed by atoms with Gasteiger partial charge in [0.15, 0.2) is 0 Å². The van der Waals surface area contributed by atoms with Crippen LogP contribution in [-0.2, 0) is 6.61 Å². The lowest BCUT2D eigenvalue weighted by Crippen LogP contribution is -2.17. The molecular weight excluding hydrogens is 396 g/mol. The van der Waals surface area contributed by atoms with Crippen molar-refractivity contribution in [2.75, 3.05) is 0 Å². The lowest BCUT2D eigenvalue weighted by Gasteiger charge is -2.12. The van der Waals surface area contributed by atoms with Crippen LogP contribution < -0.4 is 10.2 Å². The zero-order chi connectivity index (χ0) is 20.8. The summed E-state index contributed by atoms with van der Waals surface area (Å²) in [7, 11) is 0. The number of halogens is 1. The van der Waals surface area contributed by atoms with Crippen LogP contribution in [0.5, 0.6) is 5.75 Å². The van der Waals surface area contributed by atoms with Crippen LogP contribution >= 0.6 is 11.6 Å². The number of carbonyl (C=O) groups excluding carboxylic acids is 1. The molecule has 0 unspecified atom stereocenters. The van der Waals surface area contributed by atoms with Crippen molar-refractivity contribution in [2.24, 2.45) is 5.10 Å². The third-order valence-corrected chi connectivity index (χ3v) is 4.89. The molecule has 0 aliphatic heterocycles. The number of hydrogen-bond donors (Lipinski definition) is 1. The minimum Gasteiger partial charge on any atom is -0.488 e. The topological polar surface area (TPSA) is 50.7 Å². The maximum atomic E-state index is 12.3. The summed E-state index contributed by atoms with van der Waals surface area (Å²) in [6.45, 7) is 0.442. The average molecular weight is 415 g/mol. The Morgan fingerprint density at radius 1 is 0.900 bits per heavy atom. The van der Waals surface area contributed by atoms with E-state index in [2.05, 4.69) is 10.5 Å². The molecule has 4 aromatic carbocycles. The van der Waals surface area contributed by atoms with Gasteiger partial charge in [-0.1, -0.05) is 72.3 Å². The van der Waals surface area contributed by atoms with Crippen LogP contribution in [0.2, 0.25) is 5.02 Å². The molecule has 4 rings (SSSR count). The van der Waals surface area contributed by atoms with Crippen molar-refractivity contribution >= 4 is 34.5 Å². The molecule has 0 saturated heterocycles. The van der Waals surface area contributed by atoms with Crippen molar-refractivity contribution in [1.82, 2.24) is 5.43 Å². The summed E-state index contributed by atoms with van der Waals surface area (Å²) in [5.41, 5.74) is 4.93. The van der Waals surface area contributed by atoms with E-state index in [0.717, 1.165) is 21.9 Å². The first-order chi connectivity index (χ1) is 14.7. The number of hydrogen-bond acceptors (Lipinski definition) is 3. The van der Waals surface area contributed by atoms with Crippen molar-refractivity contribution in [3.05, 3.63) is 113 Å². The highest BCUT2D eigenvalue weighted by Crippen LogP contribution is 2.27. The maximum absolute atomic E-state index is 12.3.